The first-order valence-electron chi connectivity index (χ1n) is 7.84. The molecule has 0 aliphatic heterocycles. The Hall–Kier alpha value is -1.68. The summed E-state index contributed by atoms with van der Waals surface area (Å²) in [4.78, 5) is 23.9. The van der Waals surface area contributed by atoms with Crippen LogP contribution in [0.5, 0.6) is 0 Å². The van der Waals surface area contributed by atoms with Crippen LogP contribution >= 0.6 is 0 Å². The predicted molar refractivity (Wildman–Crippen MR) is 85.8 cm³/mol. The van der Waals surface area contributed by atoms with Crippen molar-refractivity contribution in [3.8, 4) is 0 Å². The molecule has 1 aromatic rings. The third kappa shape index (κ3) is 3.95. The molecule has 1 saturated carbocycles. The van der Waals surface area contributed by atoms with Crippen LogP contribution in [0.3, 0.4) is 0 Å². The first-order valence-corrected chi connectivity index (χ1v) is 7.84. The molecule has 1 aromatic carbocycles. The Labute approximate surface area is 132 Å². The molecule has 4 heteroatoms. The van der Waals surface area contributed by atoms with Gasteiger partial charge >= 0.3 is 0 Å². The maximum absolute atomic E-state index is 12.4. The molecule has 1 aliphatic carbocycles. The van der Waals surface area contributed by atoms with E-state index in [1.54, 1.807) is 7.11 Å². The highest BCUT2D eigenvalue weighted by molar-refractivity contribution is 5.83. The molecule has 1 amide bonds. The molecule has 1 fully saturated rings. The van der Waals surface area contributed by atoms with Crippen molar-refractivity contribution in [2.24, 2.45) is 0 Å². The van der Waals surface area contributed by atoms with Gasteiger partial charge in [-0.1, -0.05) is 23.8 Å². The van der Waals surface area contributed by atoms with Crippen molar-refractivity contribution in [2.45, 2.75) is 57.6 Å². The van der Waals surface area contributed by atoms with Gasteiger partial charge in [0.1, 0.15) is 6.29 Å². The molecule has 0 aromatic heterocycles. The zero-order valence-corrected chi connectivity index (χ0v) is 13.6. The highest BCUT2D eigenvalue weighted by Crippen LogP contribution is 2.28. The van der Waals surface area contributed by atoms with E-state index in [2.05, 4.69) is 5.32 Å². The van der Waals surface area contributed by atoms with Gasteiger partial charge < -0.3 is 14.8 Å². The third-order valence-corrected chi connectivity index (χ3v) is 4.63. The Bertz CT molecular complexity index is 545. The number of hydrogen-bond donors (Lipinski definition) is 1. The highest BCUT2D eigenvalue weighted by atomic mass is 16.5. The maximum Gasteiger partial charge on any atom is 0.225 e. The minimum atomic E-state index is -0.718. The molecule has 0 heterocycles. The van der Waals surface area contributed by atoms with E-state index in [0.717, 1.165) is 35.8 Å². The van der Waals surface area contributed by atoms with Crippen molar-refractivity contribution >= 4 is 12.2 Å². The largest absolute Gasteiger partial charge is 0.381 e. The number of carbonyl (C=O) groups is 2. The fourth-order valence-electron chi connectivity index (χ4n) is 3.10. The van der Waals surface area contributed by atoms with Crippen molar-refractivity contribution in [3.63, 3.8) is 0 Å². The van der Waals surface area contributed by atoms with Gasteiger partial charge in [0.25, 0.3) is 0 Å². The average Bonchev–Trinajstić information content (AvgIpc) is 2.51. The monoisotopic (exact) mass is 303 g/mol. The van der Waals surface area contributed by atoms with Crippen LogP contribution in [-0.2, 0) is 20.7 Å². The van der Waals surface area contributed by atoms with E-state index in [4.69, 9.17) is 4.74 Å². The van der Waals surface area contributed by atoms with Gasteiger partial charge in [-0.3, -0.25) is 4.79 Å². The molecule has 120 valence electrons. The van der Waals surface area contributed by atoms with Gasteiger partial charge in [0.15, 0.2) is 0 Å². The molecule has 22 heavy (non-hydrogen) atoms. The summed E-state index contributed by atoms with van der Waals surface area (Å²) < 4.78 is 5.33. The summed E-state index contributed by atoms with van der Waals surface area (Å²) in [5.41, 5.74) is 2.54. The number of nitrogens with one attached hydrogen (secondary N) is 1. The van der Waals surface area contributed by atoms with E-state index in [0.29, 0.717) is 19.3 Å². The molecular formula is C18H25NO3. The van der Waals surface area contributed by atoms with Crippen molar-refractivity contribution in [2.75, 3.05) is 7.11 Å². The number of aryl methyl sites for hydroxylation is 2. The molecule has 0 saturated heterocycles. The van der Waals surface area contributed by atoms with E-state index in [9.17, 15) is 9.59 Å². The summed E-state index contributed by atoms with van der Waals surface area (Å²) in [5, 5.41) is 2.96. The number of carbonyl (C=O) groups excluding carboxylic acids is 2. The fourth-order valence-corrected chi connectivity index (χ4v) is 3.10. The molecule has 2 rings (SSSR count). The van der Waals surface area contributed by atoms with Crippen LogP contribution < -0.4 is 5.32 Å². The summed E-state index contributed by atoms with van der Waals surface area (Å²) in [6.45, 7) is 4.01. The minimum Gasteiger partial charge on any atom is -0.381 e. The van der Waals surface area contributed by atoms with Crippen LogP contribution in [0.4, 0.5) is 0 Å². The summed E-state index contributed by atoms with van der Waals surface area (Å²) in [5.74, 6) is -0.0864. The van der Waals surface area contributed by atoms with E-state index in [1.807, 2.05) is 32.0 Å². The zero-order chi connectivity index (χ0) is 16.2. The lowest BCUT2D eigenvalue weighted by Crippen LogP contribution is -2.53. The predicted octanol–water partition coefficient (Wildman–Crippen LogP) is 2.49. The van der Waals surface area contributed by atoms with Crippen LogP contribution in [0, 0.1) is 13.8 Å². The van der Waals surface area contributed by atoms with E-state index in [-0.39, 0.29) is 12.0 Å². The second kappa shape index (κ2) is 7.05. The summed E-state index contributed by atoms with van der Waals surface area (Å²) in [6.07, 6.45) is 4.32. The fraction of sp³-hybridized carbons (Fsp3) is 0.556. The molecule has 0 bridgehead atoms. The number of rotatable bonds is 5. The number of benzene rings is 1. The van der Waals surface area contributed by atoms with Crippen LogP contribution in [0.2, 0.25) is 0 Å². The van der Waals surface area contributed by atoms with Crippen LogP contribution in [0.1, 0.15) is 42.4 Å². The smallest absolute Gasteiger partial charge is 0.225 e. The summed E-state index contributed by atoms with van der Waals surface area (Å²) >= 11 is 0. The van der Waals surface area contributed by atoms with Crippen LogP contribution in [-0.4, -0.2) is 30.9 Å². The number of methoxy groups -OCH3 is 1. The van der Waals surface area contributed by atoms with Gasteiger partial charge in [-0.15, -0.1) is 0 Å². The Morgan fingerprint density at radius 2 is 2.05 bits per heavy atom. The SMILES string of the molecule is COC1CCC(C=O)(NC(=O)Cc2cc(C)ccc2C)CC1. The summed E-state index contributed by atoms with van der Waals surface area (Å²) in [7, 11) is 1.69. The van der Waals surface area contributed by atoms with E-state index < -0.39 is 5.54 Å². The topological polar surface area (TPSA) is 55.4 Å². The third-order valence-electron chi connectivity index (χ3n) is 4.63. The minimum absolute atomic E-state index is 0.0864. The van der Waals surface area contributed by atoms with Crippen LogP contribution in [0.25, 0.3) is 0 Å². The number of aldehydes is 1. The second-order valence-corrected chi connectivity index (χ2v) is 6.36. The Balaban J connectivity index is 2.01. The van der Waals surface area contributed by atoms with Crippen molar-refractivity contribution in [1.82, 2.24) is 5.32 Å². The van der Waals surface area contributed by atoms with Gasteiger partial charge in [-0.2, -0.15) is 0 Å². The molecular weight excluding hydrogens is 278 g/mol. The molecule has 4 nitrogen and oxygen atoms in total. The Morgan fingerprint density at radius 3 is 2.64 bits per heavy atom. The van der Waals surface area contributed by atoms with Crippen LogP contribution in [0.15, 0.2) is 18.2 Å². The normalized spacial score (nSPS) is 24.8. The lowest BCUT2D eigenvalue weighted by molar-refractivity contribution is -0.128. The van der Waals surface area contributed by atoms with Crippen molar-refractivity contribution < 1.29 is 14.3 Å². The first kappa shape index (κ1) is 16.7. The molecule has 0 unspecified atom stereocenters. The van der Waals surface area contributed by atoms with Gasteiger partial charge in [-0.05, 0) is 50.7 Å². The molecule has 0 spiro atoms. The number of amides is 1. The Morgan fingerprint density at radius 1 is 1.36 bits per heavy atom. The number of hydrogen-bond acceptors (Lipinski definition) is 3. The molecule has 0 atom stereocenters. The zero-order valence-electron chi connectivity index (χ0n) is 13.6. The van der Waals surface area contributed by atoms with E-state index in [1.165, 1.54) is 0 Å². The number of ether oxygens (including phenoxy) is 1. The lowest BCUT2D eigenvalue weighted by Gasteiger charge is -2.36. The maximum atomic E-state index is 12.4. The first-order chi connectivity index (χ1) is 10.5. The molecule has 1 N–H and O–H groups in total. The molecule has 1 aliphatic rings. The second-order valence-electron chi connectivity index (χ2n) is 6.36. The van der Waals surface area contributed by atoms with E-state index >= 15 is 0 Å². The lowest BCUT2D eigenvalue weighted by atomic mass is 9.81. The Kier molecular flexibility index (Phi) is 5.35. The van der Waals surface area contributed by atoms with Gasteiger partial charge in [0.2, 0.25) is 5.91 Å². The van der Waals surface area contributed by atoms with Gasteiger partial charge in [-0.25, -0.2) is 0 Å². The highest BCUT2D eigenvalue weighted by Gasteiger charge is 2.36. The van der Waals surface area contributed by atoms with Crippen molar-refractivity contribution in [3.05, 3.63) is 34.9 Å². The van der Waals surface area contributed by atoms with Gasteiger partial charge in [0.05, 0.1) is 18.1 Å². The standard InChI is InChI=1S/C18H25NO3/c1-13-4-5-14(2)15(10-13)11-17(21)19-18(12-20)8-6-16(22-3)7-9-18/h4-5,10,12,16H,6-9,11H2,1-3H3,(H,19,21). The summed E-state index contributed by atoms with van der Waals surface area (Å²) in [6, 6.07) is 6.09. The molecule has 0 radical (unpaired) electrons. The van der Waals surface area contributed by atoms with Crippen molar-refractivity contribution in [1.29, 1.82) is 0 Å². The average molecular weight is 303 g/mol. The quantitative estimate of drug-likeness (QED) is 0.850. The van der Waals surface area contributed by atoms with Gasteiger partial charge in [0, 0.05) is 7.11 Å².